The van der Waals surface area contributed by atoms with Crippen LogP contribution in [0.4, 0.5) is 5.88 Å². The smallest absolute Gasteiger partial charge is 0.258 e. The highest BCUT2D eigenvalue weighted by Gasteiger charge is 2.20. The van der Waals surface area contributed by atoms with Gasteiger partial charge in [-0.25, -0.2) is 0 Å². The zero-order valence-corrected chi connectivity index (χ0v) is 14.9. The van der Waals surface area contributed by atoms with Gasteiger partial charge in [0.05, 0.1) is 11.8 Å². The molecular formula is C19H24N2O4. The second-order valence-electron chi connectivity index (χ2n) is 7.25. The number of rotatable bonds is 5. The van der Waals surface area contributed by atoms with Crippen molar-refractivity contribution in [3.8, 4) is 5.75 Å². The molecule has 1 aliphatic rings. The Bertz CT molecular complexity index is 710. The minimum atomic E-state index is -0.248. The molecule has 0 bridgehead atoms. The Kier molecular flexibility index (Phi) is 5.08. The van der Waals surface area contributed by atoms with Crippen LogP contribution in [0.25, 0.3) is 0 Å². The molecule has 1 fully saturated rings. The van der Waals surface area contributed by atoms with Crippen LogP contribution in [0, 0.1) is 0 Å². The zero-order chi connectivity index (χ0) is 17.9. The van der Waals surface area contributed by atoms with Gasteiger partial charge in [-0.1, -0.05) is 25.9 Å². The Morgan fingerprint density at radius 2 is 2.08 bits per heavy atom. The summed E-state index contributed by atoms with van der Waals surface area (Å²) >= 11 is 0. The molecule has 1 aromatic heterocycles. The van der Waals surface area contributed by atoms with E-state index in [0.29, 0.717) is 18.1 Å². The van der Waals surface area contributed by atoms with Gasteiger partial charge >= 0.3 is 0 Å². The molecule has 6 heteroatoms. The first kappa shape index (κ1) is 17.5. The minimum Gasteiger partial charge on any atom is -0.491 e. The van der Waals surface area contributed by atoms with Crippen LogP contribution >= 0.6 is 0 Å². The van der Waals surface area contributed by atoms with E-state index in [1.807, 2.05) is 20.8 Å². The molecule has 1 amide bonds. The average molecular weight is 344 g/mol. The molecule has 2 aromatic rings. The molecule has 0 spiro atoms. The molecule has 6 nitrogen and oxygen atoms in total. The first-order valence-electron chi connectivity index (χ1n) is 8.55. The fraction of sp³-hybridized carbons (Fsp3) is 0.474. The monoisotopic (exact) mass is 344 g/mol. The van der Waals surface area contributed by atoms with E-state index in [0.717, 1.165) is 30.9 Å². The van der Waals surface area contributed by atoms with E-state index < -0.39 is 0 Å². The predicted octanol–water partition coefficient (Wildman–Crippen LogP) is 3.78. The molecule has 3 rings (SSSR count). The average Bonchev–Trinajstić information content (AvgIpc) is 3.24. The Labute approximate surface area is 147 Å². The second-order valence-corrected chi connectivity index (χ2v) is 7.25. The van der Waals surface area contributed by atoms with Gasteiger partial charge in [-0.3, -0.25) is 10.1 Å². The van der Waals surface area contributed by atoms with Crippen molar-refractivity contribution in [2.24, 2.45) is 0 Å². The standard InChI is InChI=1S/C19H24N2O4/c1-19(2,3)16-11-17(25-21-16)20-18(22)13-6-8-14(9-7-13)24-12-15-5-4-10-23-15/h6-9,11,15H,4-5,10,12H2,1-3H3,(H,20,22). The third-order valence-electron chi connectivity index (χ3n) is 4.09. The molecular weight excluding hydrogens is 320 g/mol. The first-order valence-corrected chi connectivity index (χ1v) is 8.55. The predicted molar refractivity (Wildman–Crippen MR) is 94.1 cm³/mol. The highest BCUT2D eigenvalue weighted by molar-refractivity contribution is 6.03. The van der Waals surface area contributed by atoms with E-state index in [2.05, 4.69) is 10.5 Å². The van der Waals surface area contributed by atoms with Crippen molar-refractivity contribution >= 4 is 11.8 Å². The van der Waals surface area contributed by atoms with E-state index in [4.69, 9.17) is 14.0 Å². The van der Waals surface area contributed by atoms with Gasteiger partial charge in [-0.15, -0.1) is 0 Å². The largest absolute Gasteiger partial charge is 0.491 e. The minimum absolute atomic E-state index is 0.130. The van der Waals surface area contributed by atoms with Crippen LogP contribution in [0.3, 0.4) is 0 Å². The Hall–Kier alpha value is -2.34. The molecule has 1 atom stereocenters. The number of nitrogens with zero attached hydrogens (tertiary/aromatic N) is 1. The van der Waals surface area contributed by atoms with Gasteiger partial charge in [-0.05, 0) is 37.1 Å². The van der Waals surface area contributed by atoms with Crippen molar-refractivity contribution in [1.29, 1.82) is 0 Å². The SMILES string of the molecule is CC(C)(C)c1cc(NC(=O)c2ccc(OCC3CCCO3)cc2)on1. The number of nitrogens with one attached hydrogen (secondary N) is 1. The number of anilines is 1. The summed E-state index contributed by atoms with van der Waals surface area (Å²) in [5, 5.41) is 6.71. The number of amides is 1. The first-order chi connectivity index (χ1) is 11.9. The van der Waals surface area contributed by atoms with E-state index in [9.17, 15) is 4.79 Å². The number of carbonyl (C=O) groups is 1. The summed E-state index contributed by atoms with van der Waals surface area (Å²) in [6.07, 6.45) is 2.30. The maximum atomic E-state index is 12.3. The molecule has 1 N–H and O–H groups in total. The van der Waals surface area contributed by atoms with Crippen molar-refractivity contribution in [3.63, 3.8) is 0 Å². The van der Waals surface area contributed by atoms with Crippen LogP contribution in [-0.4, -0.2) is 30.4 Å². The number of carbonyl (C=O) groups excluding carboxylic acids is 1. The molecule has 1 aromatic carbocycles. The van der Waals surface area contributed by atoms with Gasteiger partial charge in [0, 0.05) is 23.7 Å². The summed E-state index contributed by atoms with van der Waals surface area (Å²) in [6.45, 7) is 7.45. The molecule has 1 saturated heterocycles. The Balaban J connectivity index is 1.56. The molecule has 0 saturated carbocycles. The molecule has 25 heavy (non-hydrogen) atoms. The van der Waals surface area contributed by atoms with E-state index >= 15 is 0 Å². The summed E-state index contributed by atoms with van der Waals surface area (Å²) < 4.78 is 16.4. The quantitative estimate of drug-likeness (QED) is 0.893. The topological polar surface area (TPSA) is 73.6 Å². The lowest BCUT2D eigenvalue weighted by Crippen LogP contribution is -2.16. The fourth-order valence-corrected chi connectivity index (χ4v) is 2.54. The van der Waals surface area contributed by atoms with Crippen molar-refractivity contribution in [3.05, 3.63) is 41.6 Å². The van der Waals surface area contributed by atoms with Gasteiger partial charge in [0.15, 0.2) is 0 Å². The van der Waals surface area contributed by atoms with Crippen molar-refractivity contribution in [2.75, 3.05) is 18.5 Å². The van der Waals surface area contributed by atoms with Crippen molar-refractivity contribution in [2.45, 2.75) is 45.1 Å². The fourth-order valence-electron chi connectivity index (χ4n) is 2.54. The number of hydrogen-bond acceptors (Lipinski definition) is 5. The molecule has 134 valence electrons. The Morgan fingerprint density at radius 3 is 2.68 bits per heavy atom. The molecule has 0 radical (unpaired) electrons. The van der Waals surface area contributed by atoms with E-state index in [-0.39, 0.29) is 17.4 Å². The molecule has 1 aliphatic heterocycles. The zero-order valence-electron chi connectivity index (χ0n) is 14.9. The molecule has 0 aliphatic carbocycles. The van der Waals surface area contributed by atoms with Crippen LogP contribution in [0.5, 0.6) is 5.75 Å². The summed E-state index contributed by atoms with van der Waals surface area (Å²) in [5.74, 6) is 0.817. The number of hydrogen-bond donors (Lipinski definition) is 1. The van der Waals surface area contributed by atoms with E-state index in [1.54, 1.807) is 30.3 Å². The van der Waals surface area contributed by atoms with Crippen LogP contribution in [-0.2, 0) is 10.2 Å². The van der Waals surface area contributed by atoms with E-state index in [1.165, 1.54) is 0 Å². The van der Waals surface area contributed by atoms with Crippen molar-refractivity contribution < 1.29 is 18.8 Å². The van der Waals surface area contributed by atoms with Crippen LogP contribution in [0.15, 0.2) is 34.9 Å². The van der Waals surface area contributed by atoms with Crippen LogP contribution < -0.4 is 10.1 Å². The summed E-state index contributed by atoms with van der Waals surface area (Å²) in [4.78, 5) is 12.3. The van der Waals surface area contributed by atoms with Gasteiger partial charge in [-0.2, -0.15) is 0 Å². The third-order valence-corrected chi connectivity index (χ3v) is 4.09. The lowest BCUT2D eigenvalue weighted by Gasteiger charge is -2.12. The maximum Gasteiger partial charge on any atom is 0.258 e. The molecule has 2 heterocycles. The van der Waals surface area contributed by atoms with Crippen LogP contribution in [0.2, 0.25) is 0 Å². The lowest BCUT2D eigenvalue weighted by atomic mass is 9.92. The Morgan fingerprint density at radius 1 is 1.32 bits per heavy atom. The summed E-state index contributed by atoms with van der Waals surface area (Å²) in [5.41, 5.74) is 1.19. The third kappa shape index (κ3) is 4.60. The van der Waals surface area contributed by atoms with Crippen molar-refractivity contribution in [1.82, 2.24) is 5.16 Å². The molecule has 1 unspecified atom stereocenters. The van der Waals surface area contributed by atoms with Gasteiger partial charge in [0.25, 0.3) is 5.91 Å². The summed E-state index contributed by atoms with van der Waals surface area (Å²) in [7, 11) is 0. The van der Waals surface area contributed by atoms with Gasteiger partial charge in [0.2, 0.25) is 5.88 Å². The highest BCUT2D eigenvalue weighted by atomic mass is 16.5. The highest BCUT2D eigenvalue weighted by Crippen LogP contribution is 2.24. The van der Waals surface area contributed by atoms with Gasteiger partial charge in [0.1, 0.15) is 12.4 Å². The number of ether oxygens (including phenoxy) is 2. The number of benzene rings is 1. The lowest BCUT2D eigenvalue weighted by molar-refractivity contribution is 0.0679. The van der Waals surface area contributed by atoms with Crippen LogP contribution in [0.1, 0.15) is 49.7 Å². The number of aromatic nitrogens is 1. The maximum absolute atomic E-state index is 12.3. The summed E-state index contributed by atoms with van der Waals surface area (Å²) in [6, 6.07) is 8.76. The van der Waals surface area contributed by atoms with Gasteiger partial charge < -0.3 is 14.0 Å². The normalized spacial score (nSPS) is 17.5. The second kappa shape index (κ2) is 7.27.